The third kappa shape index (κ3) is 3.07. The molecule has 3 rings (SSSR count). The van der Waals surface area contributed by atoms with Gasteiger partial charge in [-0.05, 0) is 24.3 Å². The van der Waals surface area contributed by atoms with Gasteiger partial charge in [-0.3, -0.25) is 30.6 Å². The quantitative estimate of drug-likeness (QED) is 0.546. The number of hydrogen-bond acceptors (Lipinski definition) is 6. The van der Waals surface area contributed by atoms with Crippen LogP contribution < -0.4 is 10.9 Å². The van der Waals surface area contributed by atoms with Crippen molar-refractivity contribution in [1.29, 1.82) is 0 Å². The highest BCUT2D eigenvalue weighted by Gasteiger charge is 2.18. The van der Waals surface area contributed by atoms with Crippen molar-refractivity contribution in [3.63, 3.8) is 0 Å². The summed E-state index contributed by atoms with van der Waals surface area (Å²) in [7, 11) is 0. The smallest absolute Gasteiger partial charge is 0.395 e. The summed E-state index contributed by atoms with van der Waals surface area (Å²) in [6.07, 6.45) is 0. The lowest BCUT2D eigenvalue weighted by molar-refractivity contribution is -0.402. The van der Waals surface area contributed by atoms with Gasteiger partial charge in [-0.25, -0.2) is 0 Å². The molecule has 0 aliphatic rings. The largest absolute Gasteiger partial charge is 0.433 e. The van der Waals surface area contributed by atoms with Crippen molar-refractivity contribution in [3.05, 3.63) is 62.2 Å². The molecule has 8 nitrogen and oxygen atoms in total. The van der Waals surface area contributed by atoms with Gasteiger partial charge < -0.3 is 4.42 Å². The highest BCUT2D eigenvalue weighted by molar-refractivity contribution is 7.20. The zero-order valence-electron chi connectivity index (χ0n) is 11.7. The normalized spacial score (nSPS) is 10.5. The average molecular weight is 366 g/mol. The summed E-state index contributed by atoms with van der Waals surface area (Å²) >= 11 is 7.26. The first kappa shape index (κ1) is 16.0. The molecule has 2 amide bonds. The predicted molar refractivity (Wildman–Crippen MR) is 87.1 cm³/mol. The summed E-state index contributed by atoms with van der Waals surface area (Å²) in [5.74, 6) is -2.20. The molecule has 0 saturated heterocycles. The molecule has 3 aromatic rings. The molecule has 0 atom stereocenters. The summed E-state index contributed by atoms with van der Waals surface area (Å²) in [6.45, 7) is 0. The van der Waals surface area contributed by atoms with Gasteiger partial charge in [0.1, 0.15) is 4.92 Å². The van der Waals surface area contributed by atoms with Gasteiger partial charge >= 0.3 is 11.8 Å². The van der Waals surface area contributed by atoms with Crippen LogP contribution in [0.3, 0.4) is 0 Å². The first-order valence-electron chi connectivity index (χ1n) is 6.48. The van der Waals surface area contributed by atoms with Gasteiger partial charge in [0.25, 0.3) is 5.91 Å². The monoisotopic (exact) mass is 365 g/mol. The molecular weight excluding hydrogens is 358 g/mol. The zero-order chi connectivity index (χ0) is 17.3. The number of hydrazine groups is 1. The van der Waals surface area contributed by atoms with Crippen LogP contribution >= 0.6 is 22.9 Å². The van der Waals surface area contributed by atoms with E-state index < -0.39 is 22.6 Å². The van der Waals surface area contributed by atoms with E-state index in [9.17, 15) is 19.7 Å². The number of furan rings is 1. The molecule has 0 radical (unpaired) electrons. The Morgan fingerprint density at radius 2 is 1.92 bits per heavy atom. The molecule has 0 aliphatic carbocycles. The molecule has 0 bridgehead atoms. The maximum Gasteiger partial charge on any atom is 0.433 e. The number of halogens is 1. The van der Waals surface area contributed by atoms with Gasteiger partial charge in [0.15, 0.2) is 0 Å². The van der Waals surface area contributed by atoms with Crippen molar-refractivity contribution in [2.24, 2.45) is 0 Å². The number of amides is 2. The molecule has 24 heavy (non-hydrogen) atoms. The van der Waals surface area contributed by atoms with Crippen LogP contribution in [0.15, 0.2) is 40.8 Å². The Labute approximate surface area is 143 Å². The SMILES string of the molecule is O=C(NNC(=O)c1cc2c(Cl)cccc2s1)c1ccc([N+](=O)[O-])o1. The first-order valence-corrected chi connectivity index (χ1v) is 7.68. The number of thiophene rings is 1. The number of benzene rings is 1. The van der Waals surface area contributed by atoms with Gasteiger partial charge in [0, 0.05) is 15.1 Å². The maximum absolute atomic E-state index is 12.1. The Morgan fingerprint density at radius 3 is 2.58 bits per heavy atom. The van der Waals surface area contributed by atoms with Crippen LogP contribution in [0.25, 0.3) is 10.1 Å². The molecular formula is C14H8ClN3O5S. The Balaban J connectivity index is 1.68. The van der Waals surface area contributed by atoms with Crippen molar-refractivity contribution in [2.75, 3.05) is 0 Å². The van der Waals surface area contributed by atoms with Gasteiger partial charge in [-0.1, -0.05) is 17.7 Å². The Hall–Kier alpha value is -2.91. The van der Waals surface area contributed by atoms with Crippen molar-refractivity contribution < 1.29 is 18.9 Å². The Bertz CT molecular complexity index is 964. The third-order valence-electron chi connectivity index (χ3n) is 3.02. The van der Waals surface area contributed by atoms with Crippen LogP contribution in [0, 0.1) is 10.1 Å². The molecule has 122 valence electrons. The van der Waals surface area contributed by atoms with E-state index in [0.29, 0.717) is 9.90 Å². The van der Waals surface area contributed by atoms with Crippen LogP contribution in [0.1, 0.15) is 20.2 Å². The Kier molecular flexibility index (Phi) is 4.19. The van der Waals surface area contributed by atoms with Crippen LogP contribution in [0.4, 0.5) is 5.88 Å². The van der Waals surface area contributed by atoms with Crippen molar-refractivity contribution in [3.8, 4) is 0 Å². The summed E-state index contributed by atoms with van der Waals surface area (Å²) in [4.78, 5) is 33.9. The second-order valence-corrected chi connectivity index (χ2v) is 6.06. The van der Waals surface area contributed by atoms with Crippen molar-refractivity contribution in [1.82, 2.24) is 10.9 Å². The number of fused-ring (bicyclic) bond motifs is 1. The summed E-state index contributed by atoms with van der Waals surface area (Å²) in [6, 6.07) is 9.10. The first-order chi connectivity index (χ1) is 11.5. The molecule has 0 aliphatic heterocycles. The van der Waals surface area contributed by atoms with Gasteiger partial charge in [0.05, 0.1) is 10.9 Å². The van der Waals surface area contributed by atoms with Gasteiger partial charge in [-0.2, -0.15) is 0 Å². The standard InChI is InChI=1S/C14H8ClN3O5S/c15-8-2-1-3-10-7(8)6-11(24-10)14(20)17-16-13(19)9-4-5-12(23-9)18(21)22/h1-6H,(H,16,19)(H,17,20). The number of rotatable bonds is 3. The highest BCUT2D eigenvalue weighted by atomic mass is 35.5. The summed E-state index contributed by atoms with van der Waals surface area (Å²) < 4.78 is 5.57. The topological polar surface area (TPSA) is 114 Å². The van der Waals surface area contributed by atoms with Crippen LogP contribution in [-0.2, 0) is 0 Å². The number of nitrogens with one attached hydrogen (secondary N) is 2. The lowest BCUT2D eigenvalue weighted by Crippen LogP contribution is -2.41. The van der Waals surface area contributed by atoms with E-state index in [0.717, 1.165) is 22.2 Å². The molecule has 2 aromatic heterocycles. The van der Waals surface area contributed by atoms with E-state index in [1.54, 1.807) is 18.2 Å². The minimum absolute atomic E-state index is 0.290. The van der Waals surface area contributed by atoms with E-state index in [-0.39, 0.29) is 5.76 Å². The van der Waals surface area contributed by atoms with Crippen LogP contribution in [0.5, 0.6) is 0 Å². The lowest BCUT2D eigenvalue weighted by atomic mass is 10.2. The van der Waals surface area contributed by atoms with Crippen LogP contribution in [-0.4, -0.2) is 16.7 Å². The third-order valence-corrected chi connectivity index (χ3v) is 4.45. The maximum atomic E-state index is 12.1. The van der Waals surface area contributed by atoms with E-state index in [2.05, 4.69) is 10.9 Å². The van der Waals surface area contributed by atoms with E-state index in [1.165, 1.54) is 11.3 Å². The second-order valence-electron chi connectivity index (χ2n) is 4.57. The van der Waals surface area contributed by atoms with Crippen molar-refractivity contribution >= 4 is 50.7 Å². The fourth-order valence-electron chi connectivity index (χ4n) is 1.92. The van der Waals surface area contributed by atoms with Crippen molar-refractivity contribution in [2.45, 2.75) is 0 Å². The minimum Gasteiger partial charge on any atom is -0.395 e. The minimum atomic E-state index is -0.810. The Morgan fingerprint density at radius 1 is 1.17 bits per heavy atom. The lowest BCUT2D eigenvalue weighted by Gasteiger charge is -2.03. The van der Waals surface area contributed by atoms with E-state index in [4.69, 9.17) is 16.0 Å². The molecule has 0 spiro atoms. The molecule has 0 saturated carbocycles. The highest BCUT2D eigenvalue weighted by Crippen LogP contribution is 2.30. The average Bonchev–Trinajstić information content (AvgIpc) is 3.19. The fourth-order valence-corrected chi connectivity index (χ4v) is 3.19. The molecule has 0 unspecified atom stereocenters. The number of carbonyl (C=O) groups excluding carboxylic acids is 2. The molecule has 10 heteroatoms. The van der Waals surface area contributed by atoms with Gasteiger partial charge in [-0.15, -0.1) is 11.3 Å². The predicted octanol–water partition coefficient (Wildman–Crippen LogP) is 3.13. The summed E-state index contributed by atoms with van der Waals surface area (Å²) in [5, 5.41) is 11.8. The van der Waals surface area contributed by atoms with E-state index in [1.807, 2.05) is 6.07 Å². The zero-order valence-corrected chi connectivity index (χ0v) is 13.3. The number of nitro groups is 1. The summed E-state index contributed by atoms with van der Waals surface area (Å²) in [5.41, 5.74) is 4.34. The van der Waals surface area contributed by atoms with Crippen LogP contribution in [0.2, 0.25) is 5.02 Å². The number of nitrogens with zero attached hydrogens (tertiary/aromatic N) is 1. The molecule has 1 aromatic carbocycles. The molecule has 2 heterocycles. The fraction of sp³-hybridized carbons (Fsp3) is 0. The number of hydrogen-bond donors (Lipinski definition) is 2. The number of carbonyl (C=O) groups is 2. The molecule has 2 N–H and O–H groups in total. The van der Waals surface area contributed by atoms with E-state index >= 15 is 0 Å². The second kappa shape index (κ2) is 6.30. The van der Waals surface area contributed by atoms with Gasteiger partial charge in [0.2, 0.25) is 5.76 Å². The molecule has 0 fully saturated rings.